The van der Waals surface area contributed by atoms with Crippen LogP contribution in [-0.4, -0.2) is 31.5 Å². The predicted molar refractivity (Wildman–Crippen MR) is 61.8 cm³/mol. The largest absolute Gasteiger partial charge is 0.379 e. The fraction of sp³-hybridized carbons (Fsp3) is 1.00. The van der Waals surface area contributed by atoms with Crippen LogP contribution in [0.25, 0.3) is 0 Å². The first-order valence-corrected chi connectivity index (χ1v) is 6.12. The van der Waals surface area contributed by atoms with Gasteiger partial charge in [-0.3, -0.25) is 0 Å². The highest BCUT2D eigenvalue weighted by Crippen LogP contribution is 2.25. The first-order chi connectivity index (χ1) is 7.13. The van der Waals surface area contributed by atoms with E-state index in [1.54, 1.807) is 0 Å². The number of nitrogens with two attached hydrogens (primary N) is 1. The monoisotopic (exact) mass is 215 g/mol. The van der Waals surface area contributed by atoms with Gasteiger partial charge in [0.25, 0.3) is 0 Å². The first kappa shape index (κ1) is 12.9. The van der Waals surface area contributed by atoms with Gasteiger partial charge in [-0.1, -0.05) is 6.92 Å². The van der Waals surface area contributed by atoms with Crippen molar-refractivity contribution in [3.8, 4) is 0 Å². The van der Waals surface area contributed by atoms with Crippen LogP contribution in [-0.2, 0) is 9.47 Å². The molecule has 3 heteroatoms. The lowest BCUT2D eigenvalue weighted by molar-refractivity contribution is -0.0720. The Morgan fingerprint density at radius 3 is 2.80 bits per heavy atom. The van der Waals surface area contributed by atoms with E-state index in [0.29, 0.717) is 6.61 Å². The summed E-state index contributed by atoms with van der Waals surface area (Å²) < 4.78 is 11.3. The fourth-order valence-corrected chi connectivity index (χ4v) is 2.13. The summed E-state index contributed by atoms with van der Waals surface area (Å²) in [6.07, 6.45) is 3.81. The van der Waals surface area contributed by atoms with Crippen molar-refractivity contribution in [2.75, 3.05) is 13.2 Å². The maximum absolute atomic E-state index is 6.05. The summed E-state index contributed by atoms with van der Waals surface area (Å²) in [6, 6.07) is 0.213. The molecule has 3 nitrogen and oxygen atoms in total. The Morgan fingerprint density at radius 1 is 1.40 bits per heavy atom. The Kier molecular flexibility index (Phi) is 5.58. The van der Waals surface area contributed by atoms with Crippen LogP contribution in [0.1, 0.15) is 40.0 Å². The molecule has 15 heavy (non-hydrogen) atoms. The molecule has 0 aromatic heterocycles. The van der Waals surface area contributed by atoms with Crippen molar-refractivity contribution in [1.82, 2.24) is 0 Å². The van der Waals surface area contributed by atoms with Crippen LogP contribution in [0.15, 0.2) is 0 Å². The summed E-state index contributed by atoms with van der Waals surface area (Å²) in [6.45, 7) is 7.76. The number of hydrogen-bond donors (Lipinski definition) is 1. The minimum atomic E-state index is 0.159. The zero-order chi connectivity index (χ0) is 11.3. The molecule has 1 fully saturated rings. The molecule has 2 N–H and O–H groups in total. The first-order valence-electron chi connectivity index (χ1n) is 6.12. The number of hydrogen-bond acceptors (Lipinski definition) is 3. The van der Waals surface area contributed by atoms with E-state index in [2.05, 4.69) is 13.8 Å². The standard InChI is InChI=1S/C12H25NO2/c1-4-14-8-10(3)15-12-7-9(2)5-6-11(12)13/h9-12H,4-8,13H2,1-3H3. The summed E-state index contributed by atoms with van der Waals surface area (Å²) in [4.78, 5) is 0. The zero-order valence-corrected chi connectivity index (χ0v) is 10.2. The molecule has 0 heterocycles. The van der Waals surface area contributed by atoms with Crippen molar-refractivity contribution in [2.24, 2.45) is 11.7 Å². The van der Waals surface area contributed by atoms with Crippen LogP contribution in [0.2, 0.25) is 0 Å². The van der Waals surface area contributed by atoms with Crippen LogP contribution in [0.3, 0.4) is 0 Å². The fourth-order valence-electron chi connectivity index (χ4n) is 2.13. The van der Waals surface area contributed by atoms with Crippen molar-refractivity contribution >= 4 is 0 Å². The van der Waals surface area contributed by atoms with Gasteiger partial charge < -0.3 is 15.2 Å². The molecular weight excluding hydrogens is 190 g/mol. The molecule has 0 amide bonds. The topological polar surface area (TPSA) is 44.5 Å². The molecular formula is C12H25NO2. The molecule has 1 rings (SSSR count). The highest BCUT2D eigenvalue weighted by molar-refractivity contribution is 4.82. The third-order valence-electron chi connectivity index (χ3n) is 3.07. The Hall–Kier alpha value is -0.120. The Morgan fingerprint density at radius 2 is 2.13 bits per heavy atom. The Labute approximate surface area is 93.3 Å². The highest BCUT2D eigenvalue weighted by atomic mass is 16.5. The van der Waals surface area contributed by atoms with E-state index in [0.717, 1.165) is 25.4 Å². The van der Waals surface area contributed by atoms with Crippen LogP contribution >= 0.6 is 0 Å². The molecule has 0 aliphatic heterocycles. The minimum Gasteiger partial charge on any atom is -0.379 e. The summed E-state index contributed by atoms with van der Waals surface area (Å²) in [5, 5.41) is 0. The molecule has 0 spiro atoms. The summed E-state index contributed by atoms with van der Waals surface area (Å²) in [5.41, 5.74) is 6.05. The smallest absolute Gasteiger partial charge is 0.0785 e. The average Bonchev–Trinajstić information content (AvgIpc) is 2.20. The molecule has 4 unspecified atom stereocenters. The maximum atomic E-state index is 6.05. The van der Waals surface area contributed by atoms with E-state index >= 15 is 0 Å². The van der Waals surface area contributed by atoms with Gasteiger partial charge in [0.15, 0.2) is 0 Å². The summed E-state index contributed by atoms with van der Waals surface area (Å²) >= 11 is 0. The zero-order valence-electron chi connectivity index (χ0n) is 10.2. The highest BCUT2D eigenvalue weighted by Gasteiger charge is 2.27. The summed E-state index contributed by atoms with van der Waals surface area (Å²) in [5.74, 6) is 0.745. The molecule has 1 aliphatic rings. The van der Waals surface area contributed by atoms with E-state index in [-0.39, 0.29) is 18.2 Å². The second-order valence-electron chi connectivity index (χ2n) is 4.73. The van der Waals surface area contributed by atoms with Crippen molar-refractivity contribution in [2.45, 2.75) is 58.3 Å². The molecule has 0 aromatic rings. The van der Waals surface area contributed by atoms with Crippen molar-refractivity contribution in [1.29, 1.82) is 0 Å². The van der Waals surface area contributed by atoms with Gasteiger partial charge in [0.2, 0.25) is 0 Å². The van der Waals surface area contributed by atoms with Gasteiger partial charge in [0.1, 0.15) is 0 Å². The average molecular weight is 215 g/mol. The normalized spacial score (nSPS) is 34.0. The van der Waals surface area contributed by atoms with E-state index in [9.17, 15) is 0 Å². The lowest BCUT2D eigenvalue weighted by Crippen LogP contribution is -2.43. The molecule has 0 bridgehead atoms. The van der Waals surface area contributed by atoms with Crippen LogP contribution in [0.5, 0.6) is 0 Å². The molecule has 1 aliphatic carbocycles. The summed E-state index contributed by atoms with van der Waals surface area (Å²) in [7, 11) is 0. The van der Waals surface area contributed by atoms with Crippen molar-refractivity contribution in [3.63, 3.8) is 0 Å². The molecule has 0 radical (unpaired) electrons. The van der Waals surface area contributed by atoms with Gasteiger partial charge in [0.05, 0.1) is 18.8 Å². The van der Waals surface area contributed by atoms with Crippen LogP contribution in [0, 0.1) is 5.92 Å². The molecule has 1 saturated carbocycles. The molecule has 0 saturated heterocycles. The van der Waals surface area contributed by atoms with Crippen molar-refractivity contribution < 1.29 is 9.47 Å². The van der Waals surface area contributed by atoms with Gasteiger partial charge in [0, 0.05) is 12.6 Å². The molecule has 90 valence electrons. The van der Waals surface area contributed by atoms with Gasteiger partial charge >= 0.3 is 0 Å². The lowest BCUT2D eigenvalue weighted by atomic mass is 9.85. The van der Waals surface area contributed by atoms with E-state index in [1.165, 1.54) is 6.42 Å². The van der Waals surface area contributed by atoms with Gasteiger partial charge in [-0.2, -0.15) is 0 Å². The van der Waals surface area contributed by atoms with E-state index in [4.69, 9.17) is 15.2 Å². The molecule has 4 atom stereocenters. The van der Waals surface area contributed by atoms with E-state index < -0.39 is 0 Å². The Bertz CT molecular complexity index is 175. The SMILES string of the molecule is CCOCC(C)OC1CC(C)CCC1N. The van der Waals surface area contributed by atoms with Gasteiger partial charge in [-0.25, -0.2) is 0 Å². The van der Waals surface area contributed by atoms with Crippen LogP contribution < -0.4 is 5.73 Å². The third kappa shape index (κ3) is 4.49. The van der Waals surface area contributed by atoms with Gasteiger partial charge in [-0.15, -0.1) is 0 Å². The third-order valence-corrected chi connectivity index (χ3v) is 3.07. The molecule has 0 aromatic carbocycles. The van der Waals surface area contributed by atoms with Crippen molar-refractivity contribution in [3.05, 3.63) is 0 Å². The van der Waals surface area contributed by atoms with E-state index in [1.807, 2.05) is 6.92 Å². The minimum absolute atomic E-state index is 0.159. The van der Waals surface area contributed by atoms with Gasteiger partial charge in [-0.05, 0) is 39.0 Å². The predicted octanol–water partition coefficient (Wildman–Crippen LogP) is 1.94. The number of ether oxygens (including phenoxy) is 2. The lowest BCUT2D eigenvalue weighted by Gasteiger charge is -2.34. The maximum Gasteiger partial charge on any atom is 0.0785 e. The second-order valence-corrected chi connectivity index (χ2v) is 4.73. The second kappa shape index (κ2) is 6.46. The quantitative estimate of drug-likeness (QED) is 0.762. The Balaban J connectivity index is 2.28. The number of rotatable bonds is 5. The van der Waals surface area contributed by atoms with Crippen LogP contribution in [0.4, 0.5) is 0 Å².